The molecule has 0 unspecified atom stereocenters. The van der Waals surface area contributed by atoms with Crippen LogP contribution in [0.15, 0.2) is 8.94 Å². The molecule has 0 aliphatic carbocycles. The van der Waals surface area contributed by atoms with Gasteiger partial charge in [-0.15, -0.1) is 10.2 Å². The normalized spacial score (nSPS) is 20.2. The van der Waals surface area contributed by atoms with Crippen LogP contribution < -0.4 is 0 Å². The zero-order valence-electron chi connectivity index (χ0n) is 13.5. The first-order valence-electron chi connectivity index (χ1n) is 7.63. The third-order valence-electron chi connectivity index (χ3n) is 4.24. The molecule has 0 amide bonds. The van der Waals surface area contributed by atoms with Gasteiger partial charge in [-0.25, -0.2) is 0 Å². The monoisotopic (exact) mass is 306 g/mol. The van der Waals surface area contributed by atoms with Crippen molar-refractivity contribution in [2.24, 2.45) is 0 Å². The Kier molecular flexibility index (Phi) is 4.21. The fourth-order valence-electron chi connectivity index (χ4n) is 2.79. The zero-order chi connectivity index (χ0) is 15.7. The predicted molar refractivity (Wildman–Crippen MR) is 78.0 cm³/mol. The summed E-state index contributed by atoms with van der Waals surface area (Å²) in [6, 6.07) is 0.286. The van der Waals surface area contributed by atoms with Crippen LogP contribution in [-0.4, -0.2) is 56.3 Å². The SMILES string of the molecule is Cc1noc([C@@H](C)N2CCN([C@@H](C)c3nnc(C)o3)CC2)n1. The quantitative estimate of drug-likeness (QED) is 0.840. The van der Waals surface area contributed by atoms with E-state index in [-0.39, 0.29) is 12.1 Å². The minimum Gasteiger partial charge on any atom is -0.424 e. The van der Waals surface area contributed by atoms with E-state index in [9.17, 15) is 0 Å². The number of aromatic nitrogens is 4. The van der Waals surface area contributed by atoms with E-state index in [1.54, 1.807) is 0 Å². The number of rotatable bonds is 4. The van der Waals surface area contributed by atoms with Gasteiger partial charge in [0.25, 0.3) is 0 Å². The molecule has 0 aromatic carbocycles. The maximum absolute atomic E-state index is 5.53. The zero-order valence-corrected chi connectivity index (χ0v) is 13.5. The summed E-state index contributed by atoms with van der Waals surface area (Å²) < 4.78 is 10.8. The van der Waals surface area contributed by atoms with Gasteiger partial charge in [-0.2, -0.15) is 4.98 Å². The largest absolute Gasteiger partial charge is 0.424 e. The van der Waals surface area contributed by atoms with E-state index in [2.05, 4.69) is 44.0 Å². The second kappa shape index (κ2) is 6.13. The van der Waals surface area contributed by atoms with Crippen molar-refractivity contribution in [2.75, 3.05) is 26.2 Å². The Labute approximate surface area is 129 Å². The first kappa shape index (κ1) is 15.1. The van der Waals surface area contributed by atoms with Crippen molar-refractivity contribution in [3.63, 3.8) is 0 Å². The van der Waals surface area contributed by atoms with Gasteiger partial charge in [0.15, 0.2) is 5.82 Å². The summed E-state index contributed by atoms with van der Waals surface area (Å²) in [6.07, 6.45) is 0. The van der Waals surface area contributed by atoms with E-state index in [4.69, 9.17) is 8.94 Å². The van der Waals surface area contributed by atoms with Crippen LogP contribution in [-0.2, 0) is 0 Å². The lowest BCUT2D eigenvalue weighted by molar-refractivity contribution is 0.0603. The van der Waals surface area contributed by atoms with E-state index < -0.39 is 0 Å². The van der Waals surface area contributed by atoms with Crippen molar-refractivity contribution in [1.82, 2.24) is 30.1 Å². The maximum atomic E-state index is 5.53. The molecular formula is C14H22N6O2. The molecule has 1 fully saturated rings. The Hall–Kier alpha value is -1.80. The first-order chi connectivity index (χ1) is 10.5. The van der Waals surface area contributed by atoms with Crippen molar-refractivity contribution in [1.29, 1.82) is 0 Å². The topological polar surface area (TPSA) is 84.3 Å². The summed E-state index contributed by atoms with van der Waals surface area (Å²) in [5.74, 6) is 2.67. The average molecular weight is 306 g/mol. The molecular weight excluding hydrogens is 284 g/mol. The number of hydrogen-bond acceptors (Lipinski definition) is 8. The second-order valence-electron chi connectivity index (χ2n) is 5.76. The molecule has 0 radical (unpaired) electrons. The molecule has 3 heterocycles. The first-order valence-corrected chi connectivity index (χ1v) is 7.63. The Morgan fingerprint density at radius 3 is 1.95 bits per heavy atom. The number of aryl methyl sites for hydroxylation is 2. The van der Waals surface area contributed by atoms with Gasteiger partial charge in [0, 0.05) is 33.1 Å². The number of hydrogen-bond donors (Lipinski definition) is 0. The highest BCUT2D eigenvalue weighted by molar-refractivity contribution is 4.94. The van der Waals surface area contributed by atoms with E-state index in [1.165, 1.54) is 0 Å². The Balaban J connectivity index is 1.58. The van der Waals surface area contributed by atoms with Crippen LogP contribution >= 0.6 is 0 Å². The Bertz CT molecular complexity index is 562. The molecule has 120 valence electrons. The third-order valence-corrected chi connectivity index (χ3v) is 4.24. The lowest BCUT2D eigenvalue weighted by Gasteiger charge is -2.38. The molecule has 0 N–H and O–H groups in total. The fraction of sp³-hybridized carbons (Fsp3) is 0.714. The van der Waals surface area contributed by atoms with E-state index in [1.807, 2.05) is 13.8 Å². The summed E-state index contributed by atoms with van der Waals surface area (Å²) >= 11 is 0. The third kappa shape index (κ3) is 3.02. The molecule has 2 aromatic heterocycles. The van der Waals surface area contributed by atoms with E-state index >= 15 is 0 Å². The highest BCUT2D eigenvalue weighted by atomic mass is 16.5. The van der Waals surface area contributed by atoms with Crippen LogP contribution in [0.3, 0.4) is 0 Å². The molecule has 1 aliphatic rings. The van der Waals surface area contributed by atoms with Crippen LogP contribution in [0.2, 0.25) is 0 Å². The lowest BCUT2D eigenvalue weighted by Crippen LogP contribution is -2.47. The number of piperazine rings is 1. The molecule has 3 rings (SSSR count). The van der Waals surface area contributed by atoms with Crippen molar-refractivity contribution in [3.05, 3.63) is 23.5 Å². The molecule has 8 nitrogen and oxygen atoms in total. The lowest BCUT2D eigenvalue weighted by atomic mass is 10.2. The van der Waals surface area contributed by atoms with Gasteiger partial charge in [0.1, 0.15) is 0 Å². The highest BCUT2D eigenvalue weighted by Gasteiger charge is 2.29. The molecule has 8 heteroatoms. The molecule has 2 aromatic rings. The smallest absolute Gasteiger partial charge is 0.243 e. The second-order valence-corrected chi connectivity index (χ2v) is 5.76. The van der Waals surface area contributed by atoms with Gasteiger partial charge in [-0.1, -0.05) is 5.16 Å². The maximum Gasteiger partial charge on any atom is 0.243 e. The highest BCUT2D eigenvalue weighted by Crippen LogP contribution is 2.24. The summed E-state index contributed by atoms with van der Waals surface area (Å²) in [6.45, 7) is 11.6. The summed E-state index contributed by atoms with van der Waals surface area (Å²) in [5, 5.41) is 11.9. The summed E-state index contributed by atoms with van der Waals surface area (Å²) in [4.78, 5) is 9.04. The van der Waals surface area contributed by atoms with Crippen LogP contribution in [0, 0.1) is 13.8 Å². The summed E-state index contributed by atoms with van der Waals surface area (Å²) in [5.41, 5.74) is 0. The van der Waals surface area contributed by atoms with E-state index in [0.29, 0.717) is 23.5 Å². The van der Waals surface area contributed by atoms with Gasteiger partial charge in [-0.3, -0.25) is 9.80 Å². The van der Waals surface area contributed by atoms with Crippen molar-refractivity contribution >= 4 is 0 Å². The Morgan fingerprint density at radius 1 is 0.909 bits per heavy atom. The van der Waals surface area contributed by atoms with Crippen molar-refractivity contribution < 1.29 is 8.94 Å². The molecule has 0 saturated carbocycles. The van der Waals surface area contributed by atoms with Gasteiger partial charge in [0.05, 0.1) is 12.1 Å². The minimum absolute atomic E-state index is 0.143. The standard InChI is InChI=1S/C14H22N6O2/c1-9(13-15-11(3)18-22-13)19-5-7-20(8-6-19)10(2)14-17-16-12(4)21-14/h9-10H,5-8H2,1-4H3/t9-,10+/m1/s1. The molecule has 2 atom stereocenters. The molecule has 0 bridgehead atoms. The molecule has 22 heavy (non-hydrogen) atoms. The molecule has 1 saturated heterocycles. The minimum atomic E-state index is 0.143. The van der Waals surface area contributed by atoms with E-state index in [0.717, 1.165) is 26.2 Å². The van der Waals surface area contributed by atoms with Crippen LogP contribution in [0.4, 0.5) is 0 Å². The molecule has 0 spiro atoms. The predicted octanol–water partition coefficient (Wildman–Crippen LogP) is 1.51. The Morgan fingerprint density at radius 2 is 1.50 bits per heavy atom. The fourth-order valence-corrected chi connectivity index (χ4v) is 2.79. The van der Waals surface area contributed by atoms with Crippen LogP contribution in [0.5, 0.6) is 0 Å². The van der Waals surface area contributed by atoms with Crippen LogP contribution in [0.1, 0.15) is 49.4 Å². The van der Waals surface area contributed by atoms with Gasteiger partial charge in [-0.05, 0) is 20.8 Å². The average Bonchev–Trinajstić information content (AvgIpc) is 3.14. The molecule has 1 aliphatic heterocycles. The van der Waals surface area contributed by atoms with Gasteiger partial charge < -0.3 is 8.94 Å². The van der Waals surface area contributed by atoms with Crippen LogP contribution in [0.25, 0.3) is 0 Å². The van der Waals surface area contributed by atoms with Gasteiger partial charge >= 0.3 is 0 Å². The number of nitrogens with zero attached hydrogens (tertiary/aromatic N) is 6. The summed E-state index contributed by atoms with van der Waals surface area (Å²) in [7, 11) is 0. The van der Waals surface area contributed by atoms with Gasteiger partial charge in [0.2, 0.25) is 17.7 Å². The van der Waals surface area contributed by atoms with Crippen molar-refractivity contribution in [2.45, 2.75) is 39.8 Å². The van der Waals surface area contributed by atoms with Crippen molar-refractivity contribution in [3.8, 4) is 0 Å².